The third-order valence-corrected chi connectivity index (χ3v) is 4.04. The molecule has 1 aliphatic heterocycles. The molecule has 0 radical (unpaired) electrons. The van der Waals surface area contributed by atoms with Crippen LogP contribution in [0.5, 0.6) is 11.5 Å². The average molecular weight is 233 g/mol. The Balaban J connectivity index is 1.84. The largest absolute Gasteiger partial charge is 0.497 e. The highest BCUT2D eigenvalue weighted by Gasteiger charge is 2.36. The lowest BCUT2D eigenvalue weighted by molar-refractivity contribution is 0.169. The summed E-state index contributed by atoms with van der Waals surface area (Å²) in [7, 11) is 1.69. The quantitative estimate of drug-likeness (QED) is 0.808. The topological polar surface area (TPSA) is 30.5 Å². The summed E-state index contributed by atoms with van der Waals surface area (Å²) < 4.78 is 11.2. The molecule has 1 fully saturated rings. The molecule has 17 heavy (non-hydrogen) atoms. The van der Waals surface area contributed by atoms with Crippen LogP contribution in [0.2, 0.25) is 0 Å². The molecule has 3 rings (SSSR count). The second-order valence-corrected chi connectivity index (χ2v) is 5.21. The average Bonchev–Trinajstić information content (AvgIpc) is 2.75. The highest BCUT2D eigenvalue weighted by Crippen LogP contribution is 2.42. The number of rotatable bonds is 1. The van der Waals surface area contributed by atoms with Crippen LogP contribution in [0.15, 0.2) is 18.2 Å². The fraction of sp³-hybridized carbons (Fsp3) is 0.571. The summed E-state index contributed by atoms with van der Waals surface area (Å²) in [5.74, 6) is 1.83. The van der Waals surface area contributed by atoms with Crippen molar-refractivity contribution >= 4 is 5.69 Å². The van der Waals surface area contributed by atoms with Crippen LogP contribution in [0.3, 0.4) is 0 Å². The summed E-state index contributed by atoms with van der Waals surface area (Å²) in [6.45, 7) is 1.87. The number of anilines is 1. The van der Waals surface area contributed by atoms with Gasteiger partial charge in [-0.15, -0.1) is 0 Å². The van der Waals surface area contributed by atoms with E-state index in [-0.39, 0.29) is 0 Å². The van der Waals surface area contributed by atoms with E-state index in [1.54, 1.807) is 7.11 Å². The number of ether oxygens (including phenoxy) is 2. The Labute approximate surface area is 102 Å². The number of fused-ring (bicyclic) bond motifs is 1. The summed E-state index contributed by atoms with van der Waals surface area (Å²) in [6, 6.07) is 5.96. The van der Waals surface area contributed by atoms with Crippen molar-refractivity contribution in [3.05, 3.63) is 18.2 Å². The molecule has 0 bridgehead atoms. The summed E-state index contributed by atoms with van der Waals surface area (Å²) in [5, 5.41) is 3.53. The Morgan fingerprint density at radius 1 is 1.29 bits per heavy atom. The van der Waals surface area contributed by atoms with Gasteiger partial charge in [-0.05, 0) is 25.0 Å². The van der Waals surface area contributed by atoms with Gasteiger partial charge in [0, 0.05) is 18.0 Å². The highest BCUT2D eigenvalue weighted by molar-refractivity contribution is 5.60. The van der Waals surface area contributed by atoms with E-state index in [9.17, 15) is 0 Å². The zero-order valence-corrected chi connectivity index (χ0v) is 10.3. The molecule has 92 valence electrons. The maximum atomic E-state index is 5.97. The predicted molar refractivity (Wildman–Crippen MR) is 67.9 cm³/mol. The van der Waals surface area contributed by atoms with E-state index in [4.69, 9.17) is 9.47 Å². The van der Waals surface area contributed by atoms with Gasteiger partial charge in [0.25, 0.3) is 0 Å². The molecule has 1 heterocycles. The Morgan fingerprint density at radius 2 is 2.12 bits per heavy atom. The molecule has 0 amide bonds. The normalized spacial score (nSPS) is 21.2. The molecule has 3 heteroatoms. The Hall–Kier alpha value is -1.38. The molecule has 0 saturated heterocycles. The van der Waals surface area contributed by atoms with Crippen molar-refractivity contribution in [1.82, 2.24) is 0 Å². The van der Waals surface area contributed by atoms with Crippen LogP contribution < -0.4 is 14.8 Å². The van der Waals surface area contributed by atoms with Gasteiger partial charge in [0.2, 0.25) is 0 Å². The lowest BCUT2D eigenvalue weighted by atomic mass is 9.87. The second-order valence-electron chi connectivity index (χ2n) is 5.21. The molecule has 1 N–H and O–H groups in total. The van der Waals surface area contributed by atoms with Gasteiger partial charge in [0.1, 0.15) is 11.5 Å². The van der Waals surface area contributed by atoms with Crippen LogP contribution in [0, 0.1) is 5.41 Å². The summed E-state index contributed by atoms with van der Waals surface area (Å²) in [6.07, 6.45) is 5.24. The fourth-order valence-electron chi connectivity index (χ4n) is 2.91. The molecule has 0 unspecified atom stereocenters. The van der Waals surface area contributed by atoms with E-state index in [1.807, 2.05) is 18.2 Å². The number of benzene rings is 1. The van der Waals surface area contributed by atoms with Crippen molar-refractivity contribution < 1.29 is 9.47 Å². The molecule has 1 spiro atoms. The van der Waals surface area contributed by atoms with Gasteiger partial charge in [-0.25, -0.2) is 0 Å². The zero-order valence-electron chi connectivity index (χ0n) is 10.3. The molecule has 1 saturated carbocycles. The third kappa shape index (κ3) is 1.94. The molecule has 2 aliphatic rings. The first-order chi connectivity index (χ1) is 8.31. The summed E-state index contributed by atoms with van der Waals surface area (Å²) in [5.41, 5.74) is 1.42. The molecule has 1 aromatic carbocycles. The zero-order chi connectivity index (χ0) is 11.7. The van der Waals surface area contributed by atoms with E-state index in [0.29, 0.717) is 5.41 Å². The van der Waals surface area contributed by atoms with Crippen LogP contribution in [0.25, 0.3) is 0 Å². The Bertz CT molecular complexity index is 411. The first-order valence-electron chi connectivity index (χ1n) is 6.36. The molecular formula is C14H19NO2. The van der Waals surface area contributed by atoms with Gasteiger partial charge in [-0.3, -0.25) is 0 Å². The van der Waals surface area contributed by atoms with Crippen LogP contribution in [0.4, 0.5) is 5.69 Å². The number of nitrogens with one attached hydrogen (secondary N) is 1. The van der Waals surface area contributed by atoms with Crippen molar-refractivity contribution in [3.63, 3.8) is 0 Å². The van der Waals surface area contributed by atoms with Crippen molar-refractivity contribution in [1.29, 1.82) is 0 Å². The van der Waals surface area contributed by atoms with Crippen molar-refractivity contribution in [2.75, 3.05) is 25.6 Å². The fourth-order valence-corrected chi connectivity index (χ4v) is 2.91. The molecule has 0 atom stereocenters. The first-order valence-corrected chi connectivity index (χ1v) is 6.36. The minimum absolute atomic E-state index is 0.353. The van der Waals surface area contributed by atoms with Crippen LogP contribution in [-0.2, 0) is 0 Å². The Kier molecular flexibility index (Phi) is 2.61. The number of methoxy groups -OCH3 is 1. The maximum absolute atomic E-state index is 5.97. The van der Waals surface area contributed by atoms with Gasteiger partial charge in [0.15, 0.2) is 0 Å². The maximum Gasteiger partial charge on any atom is 0.142 e. The smallest absolute Gasteiger partial charge is 0.142 e. The van der Waals surface area contributed by atoms with Crippen LogP contribution in [0.1, 0.15) is 25.7 Å². The van der Waals surface area contributed by atoms with Crippen molar-refractivity contribution in [3.8, 4) is 11.5 Å². The summed E-state index contributed by atoms with van der Waals surface area (Å²) in [4.78, 5) is 0. The van der Waals surface area contributed by atoms with Gasteiger partial charge >= 0.3 is 0 Å². The van der Waals surface area contributed by atoms with Crippen molar-refractivity contribution in [2.24, 2.45) is 5.41 Å². The SMILES string of the molecule is COc1ccc2c(c1)NCC1(CCCC1)CO2. The number of hydrogen-bond acceptors (Lipinski definition) is 3. The van der Waals surface area contributed by atoms with Crippen LogP contribution >= 0.6 is 0 Å². The van der Waals surface area contributed by atoms with Gasteiger partial charge < -0.3 is 14.8 Å². The highest BCUT2D eigenvalue weighted by atomic mass is 16.5. The molecule has 3 nitrogen and oxygen atoms in total. The Morgan fingerprint density at radius 3 is 2.88 bits per heavy atom. The van der Waals surface area contributed by atoms with Gasteiger partial charge in [0.05, 0.1) is 19.4 Å². The van der Waals surface area contributed by atoms with E-state index >= 15 is 0 Å². The van der Waals surface area contributed by atoms with Crippen molar-refractivity contribution in [2.45, 2.75) is 25.7 Å². The first kappa shape index (κ1) is 10.8. The minimum Gasteiger partial charge on any atom is -0.497 e. The summed E-state index contributed by atoms with van der Waals surface area (Å²) >= 11 is 0. The second kappa shape index (κ2) is 4.13. The lowest BCUT2D eigenvalue weighted by Crippen LogP contribution is -2.30. The molecule has 1 aliphatic carbocycles. The standard InChI is InChI=1S/C14H19NO2/c1-16-11-4-5-13-12(8-11)15-9-14(10-17-13)6-2-3-7-14/h4-5,8,15H,2-3,6-7,9-10H2,1H3. The van der Waals surface area contributed by atoms with E-state index in [1.165, 1.54) is 25.7 Å². The minimum atomic E-state index is 0.353. The van der Waals surface area contributed by atoms with Gasteiger partial charge in [-0.2, -0.15) is 0 Å². The van der Waals surface area contributed by atoms with E-state index < -0.39 is 0 Å². The van der Waals surface area contributed by atoms with E-state index in [2.05, 4.69) is 5.32 Å². The predicted octanol–water partition coefficient (Wildman–Crippen LogP) is 3.06. The lowest BCUT2D eigenvalue weighted by Gasteiger charge is -2.25. The molecular weight excluding hydrogens is 214 g/mol. The number of hydrogen-bond donors (Lipinski definition) is 1. The van der Waals surface area contributed by atoms with Gasteiger partial charge in [-0.1, -0.05) is 12.8 Å². The monoisotopic (exact) mass is 233 g/mol. The molecule has 0 aromatic heterocycles. The molecule has 1 aromatic rings. The van der Waals surface area contributed by atoms with E-state index in [0.717, 1.165) is 30.3 Å². The third-order valence-electron chi connectivity index (χ3n) is 4.04. The van der Waals surface area contributed by atoms with Crippen LogP contribution in [-0.4, -0.2) is 20.3 Å².